The maximum Gasteiger partial charge on any atom is 0.350 e. The molecule has 1 atom stereocenters. The van der Waals surface area contributed by atoms with Crippen LogP contribution in [0.1, 0.15) is 12.0 Å². The van der Waals surface area contributed by atoms with Crippen LogP contribution in [0.5, 0.6) is 0 Å². The van der Waals surface area contributed by atoms with E-state index in [1.165, 1.54) is 9.08 Å². The molecule has 1 aliphatic rings. The van der Waals surface area contributed by atoms with Crippen LogP contribution in [0.25, 0.3) is 5.65 Å². The summed E-state index contributed by atoms with van der Waals surface area (Å²) in [6.07, 6.45) is 2.17. The van der Waals surface area contributed by atoms with Gasteiger partial charge in [0.15, 0.2) is 5.65 Å². The summed E-state index contributed by atoms with van der Waals surface area (Å²) in [7, 11) is 0. The van der Waals surface area contributed by atoms with Crippen LogP contribution in [-0.4, -0.2) is 44.2 Å². The van der Waals surface area contributed by atoms with Crippen LogP contribution in [0.2, 0.25) is 0 Å². The van der Waals surface area contributed by atoms with E-state index in [1.54, 1.807) is 18.3 Å². The Morgan fingerprint density at radius 2 is 2.22 bits per heavy atom. The summed E-state index contributed by atoms with van der Waals surface area (Å²) < 4.78 is 2.94. The summed E-state index contributed by atoms with van der Waals surface area (Å²) in [5.74, 6) is 2.06. The molecule has 0 saturated carbocycles. The zero-order valence-corrected chi connectivity index (χ0v) is 15.6. The molecule has 0 radical (unpaired) electrons. The molecule has 0 bridgehead atoms. The maximum atomic E-state index is 12.4. The van der Waals surface area contributed by atoms with Crippen molar-refractivity contribution in [3.63, 3.8) is 0 Å². The first-order chi connectivity index (χ1) is 13.2. The lowest BCUT2D eigenvalue weighted by Gasteiger charge is -2.22. The molecule has 1 saturated heterocycles. The summed E-state index contributed by atoms with van der Waals surface area (Å²) in [5.41, 5.74) is 2.08. The Hall–Kier alpha value is -2.58. The fourth-order valence-corrected chi connectivity index (χ4v) is 4.13. The van der Waals surface area contributed by atoms with Crippen LogP contribution < -0.4 is 16.3 Å². The lowest BCUT2D eigenvalue weighted by Crippen LogP contribution is -2.39. The minimum atomic E-state index is -0.180. The predicted octanol–water partition coefficient (Wildman–Crippen LogP) is 1.58. The van der Waals surface area contributed by atoms with E-state index in [4.69, 9.17) is 0 Å². The number of benzene rings is 1. The van der Waals surface area contributed by atoms with Crippen molar-refractivity contribution >= 4 is 29.0 Å². The average Bonchev–Trinajstić information content (AvgIpc) is 2.99. The quantitative estimate of drug-likeness (QED) is 0.699. The monoisotopic (exact) mass is 383 g/mol. The molecule has 140 valence electrons. The number of nitrogens with zero attached hydrogens (tertiary/aromatic N) is 3. The zero-order valence-electron chi connectivity index (χ0n) is 14.8. The number of carbonyl (C=O) groups excluding carboxylic acids is 1. The maximum absolute atomic E-state index is 12.4. The molecule has 1 amide bonds. The first-order valence-corrected chi connectivity index (χ1v) is 10.1. The minimum absolute atomic E-state index is 0.00273. The predicted molar refractivity (Wildman–Crippen MR) is 107 cm³/mol. The second-order valence-corrected chi connectivity index (χ2v) is 7.70. The topological polar surface area (TPSA) is 80.4 Å². The lowest BCUT2D eigenvalue weighted by molar-refractivity contribution is -0.116. The highest BCUT2D eigenvalue weighted by Crippen LogP contribution is 2.14. The van der Waals surface area contributed by atoms with E-state index in [1.807, 2.05) is 42.1 Å². The van der Waals surface area contributed by atoms with Crippen molar-refractivity contribution in [3.8, 4) is 0 Å². The number of thioether (sulfide) groups is 1. The van der Waals surface area contributed by atoms with Crippen LogP contribution in [0.15, 0.2) is 53.5 Å². The van der Waals surface area contributed by atoms with Gasteiger partial charge in [0.05, 0.1) is 6.54 Å². The van der Waals surface area contributed by atoms with Gasteiger partial charge in [-0.25, -0.2) is 9.48 Å². The van der Waals surface area contributed by atoms with Gasteiger partial charge in [-0.1, -0.05) is 18.2 Å². The van der Waals surface area contributed by atoms with Crippen LogP contribution in [0.4, 0.5) is 5.69 Å². The smallest absolute Gasteiger partial charge is 0.326 e. The molecule has 1 unspecified atom stereocenters. The summed E-state index contributed by atoms with van der Waals surface area (Å²) >= 11 is 1.87. The van der Waals surface area contributed by atoms with Crippen molar-refractivity contribution in [3.05, 3.63) is 64.7 Å². The van der Waals surface area contributed by atoms with E-state index in [0.29, 0.717) is 18.6 Å². The molecule has 3 aromatic rings. The van der Waals surface area contributed by atoms with Crippen molar-refractivity contribution in [2.75, 3.05) is 23.4 Å². The second-order valence-electron chi connectivity index (χ2n) is 6.55. The molecule has 2 N–H and O–H groups in total. The van der Waals surface area contributed by atoms with E-state index in [2.05, 4.69) is 15.7 Å². The van der Waals surface area contributed by atoms with Crippen LogP contribution >= 0.6 is 11.8 Å². The number of anilines is 1. The normalized spacial score (nSPS) is 17.1. The van der Waals surface area contributed by atoms with Crippen molar-refractivity contribution in [1.29, 1.82) is 0 Å². The highest BCUT2D eigenvalue weighted by Gasteiger charge is 2.16. The summed E-state index contributed by atoms with van der Waals surface area (Å²) in [6.45, 7) is 1.30. The third-order valence-corrected chi connectivity index (χ3v) is 5.59. The van der Waals surface area contributed by atoms with Gasteiger partial charge in [0.25, 0.3) is 0 Å². The van der Waals surface area contributed by atoms with E-state index in [-0.39, 0.29) is 17.6 Å². The third-order valence-electron chi connectivity index (χ3n) is 4.46. The lowest BCUT2D eigenvalue weighted by atomic mass is 10.2. The van der Waals surface area contributed by atoms with Crippen LogP contribution in [0.3, 0.4) is 0 Å². The number of hydrogen-bond donors (Lipinski definition) is 2. The Balaban J connectivity index is 1.44. The Bertz CT molecular complexity index is 1010. The fraction of sp³-hybridized carbons (Fsp3) is 0.316. The van der Waals surface area contributed by atoms with Gasteiger partial charge in [0.2, 0.25) is 5.91 Å². The van der Waals surface area contributed by atoms with Crippen molar-refractivity contribution in [2.45, 2.75) is 19.0 Å². The summed E-state index contributed by atoms with van der Waals surface area (Å²) in [4.78, 5) is 24.7. The van der Waals surface area contributed by atoms with Gasteiger partial charge in [-0.05, 0) is 29.8 Å². The van der Waals surface area contributed by atoms with E-state index in [9.17, 15) is 9.59 Å². The zero-order chi connectivity index (χ0) is 18.6. The van der Waals surface area contributed by atoms with Gasteiger partial charge in [0.1, 0.15) is 0 Å². The van der Waals surface area contributed by atoms with Crippen LogP contribution in [0, 0.1) is 0 Å². The van der Waals surface area contributed by atoms with Crippen molar-refractivity contribution in [2.24, 2.45) is 0 Å². The number of aromatic nitrogens is 3. The van der Waals surface area contributed by atoms with Crippen molar-refractivity contribution in [1.82, 2.24) is 19.5 Å². The van der Waals surface area contributed by atoms with E-state index >= 15 is 0 Å². The molecule has 4 rings (SSSR count). The first kappa shape index (κ1) is 17.8. The molecule has 1 fully saturated rings. The highest BCUT2D eigenvalue weighted by molar-refractivity contribution is 7.99. The number of amides is 1. The molecule has 27 heavy (non-hydrogen) atoms. The largest absolute Gasteiger partial charge is 0.350 e. The number of pyridine rings is 1. The fourth-order valence-electron chi connectivity index (χ4n) is 3.18. The molecule has 1 aliphatic heterocycles. The SMILES string of the molecule is O=C(CC1CSCCN1)Nc1cccc(Cn2nc3ccccn3c2=O)c1. The van der Waals surface area contributed by atoms with E-state index < -0.39 is 0 Å². The Morgan fingerprint density at radius 1 is 1.30 bits per heavy atom. The van der Waals surface area contributed by atoms with Gasteiger partial charge in [-0.3, -0.25) is 9.20 Å². The van der Waals surface area contributed by atoms with Crippen molar-refractivity contribution < 1.29 is 4.79 Å². The molecule has 0 spiro atoms. The van der Waals surface area contributed by atoms with Gasteiger partial charge in [-0.15, -0.1) is 5.10 Å². The summed E-state index contributed by atoms with van der Waals surface area (Å²) in [5, 5.41) is 10.7. The molecule has 7 nitrogen and oxygen atoms in total. The molecule has 1 aromatic carbocycles. The number of fused-ring (bicyclic) bond motifs is 1. The molecular formula is C19H21N5O2S. The molecule has 2 aromatic heterocycles. The second kappa shape index (κ2) is 7.98. The average molecular weight is 383 g/mol. The number of rotatable bonds is 5. The minimum Gasteiger partial charge on any atom is -0.326 e. The summed E-state index contributed by atoms with van der Waals surface area (Å²) in [6, 6.07) is 13.2. The number of hydrogen-bond acceptors (Lipinski definition) is 5. The standard InChI is InChI=1S/C19H21N5O2S/c25-18(11-16-13-27-9-7-20-16)21-15-5-3-4-14(10-15)12-24-19(26)23-8-2-1-6-17(23)22-24/h1-6,8,10,16,20H,7,9,11-13H2,(H,21,25). The van der Waals surface area contributed by atoms with Crippen LogP contribution in [-0.2, 0) is 11.3 Å². The Kier molecular flexibility index (Phi) is 5.26. The molecule has 3 heterocycles. The molecular weight excluding hydrogens is 362 g/mol. The highest BCUT2D eigenvalue weighted by atomic mass is 32.2. The Morgan fingerprint density at radius 3 is 3.04 bits per heavy atom. The van der Waals surface area contributed by atoms with Gasteiger partial charge < -0.3 is 10.6 Å². The third kappa shape index (κ3) is 4.23. The first-order valence-electron chi connectivity index (χ1n) is 8.93. The Labute approximate surface area is 160 Å². The van der Waals surface area contributed by atoms with Gasteiger partial charge >= 0.3 is 5.69 Å². The van der Waals surface area contributed by atoms with Gasteiger partial charge in [-0.2, -0.15) is 11.8 Å². The van der Waals surface area contributed by atoms with Gasteiger partial charge in [0, 0.05) is 42.4 Å². The number of nitrogens with one attached hydrogen (secondary N) is 2. The molecule has 8 heteroatoms. The van der Waals surface area contributed by atoms with E-state index in [0.717, 1.165) is 29.3 Å². The molecule has 0 aliphatic carbocycles. The number of carbonyl (C=O) groups is 1.